The zero-order valence-corrected chi connectivity index (χ0v) is 17.8. The highest BCUT2D eigenvalue weighted by Gasteiger charge is 2.21. The molecule has 0 saturated heterocycles. The van der Waals surface area contributed by atoms with Gasteiger partial charge in [-0.1, -0.05) is 23.7 Å². The molecular formula is C22H15ClFN7O2. The zero-order chi connectivity index (χ0) is 23.1. The first-order valence-corrected chi connectivity index (χ1v) is 10.2. The van der Waals surface area contributed by atoms with Crippen molar-refractivity contribution in [1.29, 1.82) is 0 Å². The Morgan fingerprint density at radius 1 is 1.09 bits per heavy atom. The predicted octanol–water partition coefficient (Wildman–Crippen LogP) is 3.38. The first-order chi connectivity index (χ1) is 15.9. The molecule has 164 valence electrons. The van der Waals surface area contributed by atoms with Crippen LogP contribution in [0.3, 0.4) is 0 Å². The molecule has 0 radical (unpaired) electrons. The Bertz CT molecular complexity index is 1650. The van der Waals surface area contributed by atoms with Gasteiger partial charge in [-0.05, 0) is 37.3 Å². The number of nitrogens with one attached hydrogen (secondary N) is 2. The zero-order valence-electron chi connectivity index (χ0n) is 17.1. The summed E-state index contributed by atoms with van der Waals surface area (Å²) in [6.45, 7) is 1.74. The molecule has 0 spiro atoms. The van der Waals surface area contributed by atoms with Crippen molar-refractivity contribution in [3.63, 3.8) is 0 Å². The van der Waals surface area contributed by atoms with E-state index in [1.807, 2.05) is 0 Å². The summed E-state index contributed by atoms with van der Waals surface area (Å²) in [5.74, 6) is -0.0230. The minimum absolute atomic E-state index is 0.162. The van der Waals surface area contributed by atoms with E-state index >= 15 is 0 Å². The van der Waals surface area contributed by atoms with Crippen molar-refractivity contribution in [3.8, 4) is 5.69 Å². The van der Waals surface area contributed by atoms with Crippen molar-refractivity contribution in [2.75, 3.05) is 5.32 Å². The summed E-state index contributed by atoms with van der Waals surface area (Å²) < 4.78 is 15.3. The SMILES string of the molecule is C[C@H](Nc1ncnc2[nH]cnc(=O)c12)c1nc2cccc(Cl)c2c(=O)n1-c1cccc(F)c1. The van der Waals surface area contributed by atoms with Crippen LogP contribution in [0.15, 0.2) is 64.7 Å². The van der Waals surface area contributed by atoms with Crippen LogP contribution in [0.5, 0.6) is 0 Å². The van der Waals surface area contributed by atoms with Gasteiger partial charge in [0.05, 0.1) is 34.0 Å². The summed E-state index contributed by atoms with van der Waals surface area (Å²) in [5, 5.41) is 3.73. The number of aromatic amines is 1. The number of nitrogens with zero attached hydrogens (tertiary/aromatic N) is 5. The molecule has 9 nitrogen and oxygen atoms in total. The second kappa shape index (κ2) is 8.06. The molecule has 2 N–H and O–H groups in total. The Balaban J connectivity index is 1.73. The third-order valence-electron chi connectivity index (χ3n) is 5.12. The van der Waals surface area contributed by atoms with Crippen molar-refractivity contribution in [3.05, 3.63) is 92.5 Å². The second-order valence-electron chi connectivity index (χ2n) is 7.24. The van der Waals surface area contributed by atoms with E-state index in [0.29, 0.717) is 11.2 Å². The molecule has 0 aliphatic carbocycles. The van der Waals surface area contributed by atoms with Crippen LogP contribution in [-0.2, 0) is 0 Å². The lowest BCUT2D eigenvalue weighted by Gasteiger charge is -2.20. The van der Waals surface area contributed by atoms with E-state index in [-0.39, 0.29) is 33.1 Å². The average molecular weight is 464 g/mol. The van der Waals surface area contributed by atoms with Crippen LogP contribution in [0.4, 0.5) is 10.2 Å². The van der Waals surface area contributed by atoms with Gasteiger partial charge in [0, 0.05) is 0 Å². The maximum absolute atomic E-state index is 14.0. The fourth-order valence-corrected chi connectivity index (χ4v) is 3.91. The van der Waals surface area contributed by atoms with Crippen LogP contribution >= 0.6 is 11.6 Å². The van der Waals surface area contributed by atoms with Crippen LogP contribution in [0.2, 0.25) is 5.02 Å². The van der Waals surface area contributed by atoms with Crippen LogP contribution in [0.25, 0.3) is 27.6 Å². The van der Waals surface area contributed by atoms with Gasteiger partial charge in [-0.3, -0.25) is 14.2 Å². The lowest BCUT2D eigenvalue weighted by atomic mass is 10.2. The van der Waals surface area contributed by atoms with Crippen molar-refractivity contribution in [2.45, 2.75) is 13.0 Å². The average Bonchev–Trinajstić information content (AvgIpc) is 2.79. The molecule has 11 heteroatoms. The smallest absolute Gasteiger partial charge is 0.285 e. The van der Waals surface area contributed by atoms with Crippen molar-refractivity contribution < 1.29 is 4.39 Å². The van der Waals surface area contributed by atoms with E-state index in [1.54, 1.807) is 31.2 Å². The summed E-state index contributed by atoms with van der Waals surface area (Å²) in [6.07, 6.45) is 2.54. The van der Waals surface area contributed by atoms with Gasteiger partial charge in [-0.25, -0.2) is 19.3 Å². The number of hydrogen-bond acceptors (Lipinski definition) is 7. The topological polar surface area (TPSA) is 118 Å². The molecular weight excluding hydrogens is 449 g/mol. The predicted molar refractivity (Wildman–Crippen MR) is 122 cm³/mol. The summed E-state index contributed by atoms with van der Waals surface area (Å²) >= 11 is 6.29. The maximum atomic E-state index is 14.0. The monoisotopic (exact) mass is 463 g/mol. The molecule has 3 heterocycles. The van der Waals surface area contributed by atoms with Crippen LogP contribution in [-0.4, -0.2) is 29.5 Å². The van der Waals surface area contributed by atoms with Crippen molar-refractivity contribution >= 4 is 39.4 Å². The number of halogens is 2. The first kappa shape index (κ1) is 20.7. The molecule has 0 aliphatic heterocycles. The normalized spacial score (nSPS) is 12.2. The number of H-pyrrole nitrogens is 1. The third kappa shape index (κ3) is 3.60. The second-order valence-corrected chi connectivity index (χ2v) is 7.65. The number of benzene rings is 2. The highest BCUT2D eigenvalue weighted by molar-refractivity contribution is 6.35. The summed E-state index contributed by atoms with van der Waals surface area (Å²) in [5.41, 5.74) is 0.00750. The van der Waals surface area contributed by atoms with Crippen molar-refractivity contribution in [1.82, 2.24) is 29.5 Å². The summed E-state index contributed by atoms with van der Waals surface area (Å²) in [6, 6.07) is 9.93. The fourth-order valence-electron chi connectivity index (χ4n) is 3.66. The fraction of sp³-hybridized carbons (Fsp3) is 0.0909. The third-order valence-corrected chi connectivity index (χ3v) is 5.44. The largest absolute Gasteiger partial charge is 0.360 e. The van der Waals surface area contributed by atoms with Crippen LogP contribution in [0.1, 0.15) is 18.8 Å². The molecule has 0 fully saturated rings. The van der Waals surface area contributed by atoms with Gasteiger partial charge in [-0.15, -0.1) is 0 Å². The Morgan fingerprint density at radius 3 is 2.73 bits per heavy atom. The number of hydrogen-bond donors (Lipinski definition) is 2. The van der Waals surface area contributed by atoms with E-state index < -0.39 is 23.0 Å². The molecule has 2 aromatic carbocycles. The number of aromatic nitrogens is 6. The summed E-state index contributed by atoms with van der Waals surface area (Å²) in [7, 11) is 0. The van der Waals surface area contributed by atoms with E-state index in [2.05, 4.69) is 30.2 Å². The van der Waals surface area contributed by atoms with Gasteiger partial charge < -0.3 is 10.3 Å². The van der Waals surface area contributed by atoms with Gasteiger partial charge in [0.2, 0.25) is 0 Å². The van der Waals surface area contributed by atoms with Gasteiger partial charge in [0.15, 0.2) is 0 Å². The maximum Gasteiger partial charge on any atom is 0.285 e. The Hall–Kier alpha value is -4.18. The van der Waals surface area contributed by atoms with E-state index in [4.69, 9.17) is 11.6 Å². The molecule has 5 aromatic rings. The Morgan fingerprint density at radius 2 is 1.91 bits per heavy atom. The lowest BCUT2D eigenvalue weighted by Crippen LogP contribution is -2.28. The molecule has 0 amide bonds. The number of anilines is 1. The minimum atomic E-state index is -0.637. The molecule has 0 bridgehead atoms. The van der Waals surface area contributed by atoms with Gasteiger partial charge >= 0.3 is 0 Å². The molecule has 0 saturated carbocycles. The van der Waals surface area contributed by atoms with Gasteiger partial charge in [-0.2, -0.15) is 4.98 Å². The Labute approximate surface area is 190 Å². The highest BCUT2D eigenvalue weighted by Crippen LogP contribution is 2.25. The van der Waals surface area contributed by atoms with E-state index in [9.17, 15) is 14.0 Å². The molecule has 3 aromatic heterocycles. The highest BCUT2D eigenvalue weighted by atomic mass is 35.5. The van der Waals surface area contributed by atoms with Gasteiger partial charge in [0.25, 0.3) is 11.1 Å². The molecule has 5 rings (SSSR count). The Kier molecular flexibility index (Phi) is 5.06. The number of rotatable bonds is 4. The molecule has 1 atom stereocenters. The summed E-state index contributed by atoms with van der Waals surface area (Å²) in [4.78, 5) is 45.2. The lowest BCUT2D eigenvalue weighted by molar-refractivity contribution is 0.624. The first-order valence-electron chi connectivity index (χ1n) is 9.86. The molecule has 0 aliphatic rings. The van der Waals surface area contributed by atoms with Crippen LogP contribution < -0.4 is 16.4 Å². The van der Waals surface area contributed by atoms with Crippen LogP contribution in [0, 0.1) is 5.82 Å². The van der Waals surface area contributed by atoms with E-state index in [1.165, 1.54) is 35.4 Å². The van der Waals surface area contributed by atoms with Crippen molar-refractivity contribution in [2.24, 2.45) is 0 Å². The minimum Gasteiger partial charge on any atom is -0.360 e. The number of fused-ring (bicyclic) bond motifs is 2. The quantitative estimate of drug-likeness (QED) is 0.419. The van der Waals surface area contributed by atoms with E-state index in [0.717, 1.165) is 0 Å². The molecule has 0 unspecified atom stereocenters. The van der Waals surface area contributed by atoms with Gasteiger partial charge in [0.1, 0.15) is 34.8 Å². The molecule has 33 heavy (non-hydrogen) atoms. The standard InChI is InChI=1S/C22H15ClFN7O2/c1-11(29-19-17-18(25-9-27-19)26-10-28-21(17)32)20-30-15-7-3-6-14(23)16(15)22(33)31(20)13-5-2-4-12(24)8-13/h2-11H,1H3,(H2,25,26,27,28,29,32)/t11-/m0/s1.